The third-order valence-electron chi connectivity index (χ3n) is 6.90. The molecule has 4 amide bonds. The quantitative estimate of drug-likeness (QED) is 0.0527. The average molecular weight is 685 g/mol. The standard InChI is InChI=1S/C25H39N8O7.C5H5.Fe/c1-23(2,3)40-22(37)28-16-18(34)32-15-9-13-25(32,5)20(36)30-24(4,19(35)29-17-10-6-7-11-17)12-8-14-27-21(26)31-33(38)39;1-2-4-5-3-1;/h6-7,10-11H,8-9,12-16H2,1-5H3,(H,28,37)(H,29,35)(H,30,36)(H3,26,27,31);1-5H;/q;;+2/t24-,25+;;/m1../s1. The van der Waals surface area contributed by atoms with Crippen LogP contribution in [0.2, 0.25) is 0 Å². The van der Waals surface area contributed by atoms with Crippen LogP contribution in [0.4, 0.5) is 4.79 Å². The third kappa shape index (κ3) is 13.7. The maximum Gasteiger partial charge on any atom is 2.00 e. The smallest absolute Gasteiger partial charge is 0.444 e. The van der Waals surface area contributed by atoms with Crippen LogP contribution in [-0.2, 0) is 36.2 Å². The van der Waals surface area contributed by atoms with Crippen LogP contribution in [0.3, 0.4) is 0 Å². The summed E-state index contributed by atoms with van der Waals surface area (Å²) in [6, 6.07) is 0.542. The minimum atomic E-state index is -1.43. The number of aliphatic imine (C=N–C) groups is 1. The van der Waals surface area contributed by atoms with Gasteiger partial charge in [-0.05, 0) is 118 Å². The zero-order valence-corrected chi connectivity index (χ0v) is 27.9. The topological polar surface area (TPSA) is 210 Å². The number of nitro groups is 1. The van der Waals surface area contributed by atoms with Gasteiger partial charge in [-0.25, -0.2) is 19.9 Å². The predicted octanol–water partition coefficient (Wildman–Crippen LogP) is 1.14. The fraction of sp³-hybridized carbons (Fsp3) is 0.500. The van der Waals surface area contributed by atoms with Crippen LogP contribution in [0.15, 0.2) is 4.99 Å². The maximum atomic E-state index is 13.7. The molecule has 3 aliphatic rings. The van der Waals surface area contributed by atoms with Crippen molar-refractivity contribution in [1.82, 2.24) is 26.3 Å². The molecule has 1 heterocycles. The van der Waals surface area contributed by atoms with E-state index in [1.807, 2.05) is 32.1 Å². The van der Waals surface area contributed by atoms with Gasteiger partial charge in [0.05, 0.1) is 6.04 Å². The molecule has 3 rings (SSSR count). The van der Waals surface area contributed by atoms with Crippen molar-refractivity contribution in [3.8, 4) is 0 Å². The molecule has 46 heavy (non-hydrogen) atoms. The predicted molar refractivity (Wildman–Crippen MR) is 166 cm³/mol. The van der Waals surface area contributed by atoms with Crippen molar-refractivity contribution in [3.05, 3.63) is 73.9 Å². The summed E-state index contributed by atoms with van der Waals surface area (Å²) in [7, 11) is 0. The van der Waals surface area contributed by atoms with Crippen LogP contribution in [0.5, 0.6) is 0 Å². The van der Waals surface area contributed by atoms with E-state index in [1.54, 1.807) is 65.7 Å². The molecule has 16 heteroatoms. The molecule has 3 fully saturated rings. The molecule has 15 nitrogen and oxygen atoms in total. The number of nitrogens with zero attached hydrogens (tertiary/aromatic N) is 3. The van der Waals surface area contributed by atoms with Gasteiger partial charge in [-0.2, -0.15) is 0 Å². The summed E-state index contributed by atoms with van der Waals surface area (Å²) in [5.74, 6) is -1.87. The Balaban J connectivity index is 0.00000160. The molecule has 6 N–H and O–H groups in total. The van der Waals surface area contributed by atoms with E-state index in [9.17, 15) is 29.3 Å². The first kappa shape index (κ1) is 40.9. The number of rotatable bonds is 11. The SMILES string of the molecule is CC(C)(C)OC(=O)NCC(=O)N1CCC[C@@]1(C)C(=O)N[C@](C)(CCCN=C(N)N[N+](=O)[O-])C(=O)N[C]1[CH][CH][CH][CH]1.[CH]1[CH][CH][CH][CH]1.[Fe+2]. The number of hydrazine groups is 1. The van der Waals surface area contributed by atoms with Crippen molar-refractivity contribution in [3.63, 3.8) is 0 Å². The number of alkyl carbamates (subject to hydrolysis) is 1. The average Bonchev–Trinajstić information content (AvgIpc) is 3.73. The van der Waals surface area contributed by atoms with Gasteiger partial charge in [0, 0.05) is 13.1 Å². The number of guanidine groups is 1. The second kappa shape index (κ2) is 18.9. The van der Waals surface area contributed by atoms with Gasteiger partial charge in [-0.15, -0.1) is 0 Å². The minimum absolute atomic E-state index is 0. The Morgan fingerprint density at radius 1 is 1.07 bits per heavy atom. The molecular weight excluding hydrogens is 640 g/mol. The Morgan fingerprint density at radius 3 is 2.20 bits per heavy atom. The van der Waals surface area contributed by atoms with Crippen LogP contribution in [-0.4, -0.2) is 76.0 Å². The molecule has 10 radical (unpaired) electrons. The number of amides is 4. The van der Waals surface area contributed by atoms with Crippen LogP contribution < -0.4 is 27.1 Å². The van der Waals surface area contributed by atoms with Gasteiger partial charge in [-0.3, -0.25) is 14.4 Å². The van der Waals surface area contributed by atoms with E-state index in [1.165, 1.54) is 4.90 Å². The molecule has 0 aromatic carbocycles. The van der Waals surface area contributed by atoms with Gasteiger partial charge in [0.2, 0.25) is 17.7 Å². The Bertz CT molecular complexity index is 1070. The summed E-state index contributed by atoms with van der Waals surface area (Å²) in [6.07, 6.45) is 17.4. The number of likely N-dealkylation sites (tertiary alicyclic amines) is 1. The Hall–Kier alpha value is -3.13. The van der Waals surface area contributed by atoms with Crippen molar-refractivity contribution >= 4 is 29.8 Å². The summed E-state index contributed by atoms with van der Waals surface area (Å²) >= 11 is 0. The van der Waals surface area contributed by atoms with E-state index in [0.717, 1.165) is 0 Å². The van der Waals surface area contributed by atoms with Gasteiger partial charge >= 0.3 is 23.2 Å². The number of hydrogen-bond acceptors (Lipinski definition) is 8. The second-order valence-corrected chi connectivity index (χ2v) is 11.9. The zero-order valence-electron chi connectivity index (χ0n) is 26.8. The van der Waals surface area contributed by atoms with E-state index < -0.39 is 45.5 Å². The van der Waals surface area contributed by atoms with E-state index in [0.29, 0.717) is 25.4 Å². The first-order chi connectivity index (χ1) is 21.1. The summed E-state index contributed by atoms with van der Waals surface area (Å²) in [5, 5.41) is 17.7. The Labute approximate surface area is 282 Å². The van der Waals surface area contributed by atoms with Gasteiger partial charge in [0.1, 0.15) is 23.2 Å². The molecular formula is C30H44FeN8O7+2. The molecule has 1 aliphatic heterocycles. The molecule has 252 valence electrons. The summed E-state index contributed by atoms with van der Waals surface area (Å²) < 4.78 is 5.17. The molecule has 2 aliphatic carbocycles. The number of nitrogens with one attached hydrogen (secondary N) is 4. The molecule has 0 bridgehead atoms. The zero-order chi connectivity index (χ0) is 33.7. The molecule has 0 aromatic rings. The van der Waals surface area contributed by atoms with Crippen molar-refractivity contribution in [2.75, 3.05) is 19.6 Å². The van der Waals surface area contributed by atoms with Crippen molar-refractivity contribution in [2.45, 2.75) is 77.0 Å². The maximum absolute atomic E-state index is 13.7. The summed E-state index contributed by atoms with van der Waals surface area (Å²) in [6.45, 7) is 8.27. The molecule has 1 saturated heterocycles. The third-order valence-corrected chi connectivity index (χ3v) is 6.90. The monoisotopic (exact) mass is 684 g/mol. The molecule has 2 atom stereocenters. The summed E-state index contributed by atoms with van der Waals surface area (Å²) in [5.41, 5.74) is 3.76. The Kier molecular flexibility index (Phi) is 16.8. The van der Waals surface area contributed by atoms with Crippen LogP contribution in [0.25, 0.3) is 0 Å². The van der Waals surface area contributed by atoms with Crippen LogP contribution >= 0.6 is 0 Å². The van der Waals surface area contributed by atoms with E-state index >= 15 is 0 Å². The number of hydrogen-bond donors (Lipinski definition) is 5. The van der Waals surface area contributed by atoms with Crippen molar-refractivity contribution < 1.29 is 46.0 Å². The molecule has 0 aromatic heterocycles. The Morgan fingerprint density at radius 2 is 1.65 bits per heavy atom. The normalized spacial score (nSPS) is 21.2. The van der Waals surface area contributed by atoms with Gasteiger partial charge in [0.15, 0.2) is 5.03 Å². The number of carbonyl (C=O) groups is 4. The van der Waals surface area contributed by atoms with E-state index in [2.05, 4.69) is 20.9 Å². The molecule has 2 saturated carbocycles. The largest absolute Gasteiger partial charge is 2.00 e. The van der Waals surface area contributed by atoms with E-state index in [4.69, 9.17) is 10.5 Å². The molecule has 0 unspecified atom stereocenters. The van der Waals surface area contributed by atoms with Gasteiger partial charge < -0.3 is 31.3 Å². The van der Waals surface area contributed by atoms with Crippen molar-refractivity contribution in [2.24, 2.45) is 10.7 Å². The number of carbonyl (C=O) groups excluding carboxylic acids is 4. The number of nitrogens with two attached hydrogens (primary N) is 1. The first-order valence-corrected chi connectivity index (χ1v) is 14.6. The molecule has 0 spiro atoms. The number of ether oxygens (including phenoxy) is 1. The van der Waals surface area contributed by atoms with Crippen molar-refractivity contribution in [1.29, 1.82) is 0 Å². The van der Waals surface area contributed by atoms with Gasteiger partial charge in [-0.1, -0.05) is 5.43 Å². The fourth-order valence-electron chi connectivity index (χ4n) is 4.58. The van der Waals surface area contributed by atoms with Gasteiger partial charge in [0.25, 0.3) is 5.96 Å². The fourth-order valence-corrected chi connectivity index (χ4v) is 4.58. The van der Waals surface area contributed by atoms with Crippen LogP contribution in [0, 0.1) is 73.9 Å². The second-order valence-electron chi connectivity index (χ2n) is 11.9. The van der Waals surface area contributed by atoms with Crippen LogP contribution in [0.1, 0.15) is 60.3 Å². The first-order valence-electron chi connectivity index (χ1n) is 14.6. The van der Waals surface area contributed by atoms with E-state index in [-0.39, 0.29) is 49.0 Å². The minimum Gasteiger partial charge on any atom is -0.444 e. The summed E-state index contributed by atoms with van der Waals surface area (Å²) in [4.78, 5) is 67.8.